The van der Waals surface area contributed by atoms with Gasteiger partial charge in [0, 0.05) is 25.4 Å². The Kier molecular flexibility index (Phi) is 3.89. The minimum atomic E-state index is -0.165. The number of hydrogen-bond acceptors (Lipinski definition) is 8. The minimum Gasteiger partial charge on any atom is -0.423 e. The molecular weight excluding hydrogens is 332 g/mol. The molecule has 1 fully saturated rings. The van der Waals surface area contributed by atoms with Crippen LogP contribution < -0.4 is 4.90 Å². The van der Waals surface area contributed by atoms with Crippen molar-refractivity contribution < 1.29 is 4.42 Å². The number of rotatable bonds is 3. The van der Waals surface area contributed by atoms with Crippen LogP contribution in [0.25, 0.3) is 11.2 Å². The molecule has 0 unspecified atom stereocenters. The molecule has 4 rings (SSSR count). The van der Waals surface area contributed by atoms with E-state index in [0.717, 1.165) is 36.7 Å². The lowest BCUT2D eigenvalue weighted by Gasteiger charge is -2.21. The Morgan fingerprint density at radius 1 is 1.15 bits per heavy atom. The SMILES string of the molecule is Cc1nnc(Cn2nc3nc(C(C)(C)C)nc(N4CC[C@@H](C)C4)c3n2)o1. The van der Waals surface area contributed by atoms with Gasteiger partial charge in [0.2, 0.25) is 17.4 Å². The van der Waals surface area contributed by atoms with Crippen molar-refractivity contribution in [2.75, 3.05) is 18.0 Å². The molecule has 0 amide bonds. The molecule has 1 aliphatic heterocycles. The molecule has 1 aliphatic rings. The van der Waals surface area contributed by atoms with Crippen LogP contribution in [0.1, 0.15) is 51.7 Å². The van der Waals surface area contributed by atoms with Gasteiger partial charge in [-0.05, 0) is 12.3 Å². The molecule has 4 heterocycles. The molecule has 26 heavy (non-hydrogen) atoms. The Morgan fingerprint density at radius 2 is 1.96 bits per heavy atom. The monoisotopic (exact) mass is 356 g/mol. The van der Waals surface area contributed by atoms with Gasteiger partial charge in [-0.2, -0.15) is 4.80 Å². The van der Waals surface area contributed by atoms with Crippen LogP contribution in [0.4, 0.5) is 5.82 Å². The molecular formula is C17H24N8O. The van der Waals surface area contributed by atoms with Crippen molar-refractivity contribution >= 4 is 17.0 Å². The predicted molar refractivity (Wildman–Crippen MR) is 95.9 cm³/mol. The fraction of sp³-hybridized carbons (Fsp3) is 0.647. The van der Waals surface area contributed by atoms with Crippen LogP contribution >= 0.6 is 0 Å². The van der Waals surface area contributed by atoms with E-state index in [1.165, 1.54) is 0 Å². The first-order chi connectivity index (χ1) is 12.3. The summed E-state index contributed by atoms with van der Waals surface area (Å²) < 4.78 is 5.44. The molecule has 9 nitrogen and oxygen atoms in total. The summed E-state index contributed by atoms with van der Waals surface area (Å²) in [5.74, 6) is 3.30. The van der Waals surface area contributed by atoms with Crippen LogP contribution in [-0.4, -0.2) is 48.2 Å². The molecule has 0 spiro atoms. The van der Waals surface area contributed by atoms with Gasteiger partial charge >= 0.3 is 0 Å². The van der Waals surface area contributed by atoms with Gasteiger partial charge in [-0.25, -0.2) is 9.97 Å². The van der Waals surface area contributed by atoms with Crippen molar-refractivity contribution in [2.24, 2.45) is 5.92 Å². The van der Waals surface area contributed by atoms with E-state index in [1.54, 1.807) is 11.7 Å². The standard InChI is InChI=1S/C17H24N8O/c1-10-6-7-24(8-10)15-13-14(18-16(19-15)17(3,4)5)23-25(22-13)9-12-21-20-11(2)26-12/h10H,6-9H2,1-5H3/t10-/m1/s1. The number of aryl methyl sites for hydroxylation is 1. The van der Waals surface area contributed by atoms with Gasteiger partial charge < -0.3 is 9.32 Å². The molecule has 0 radical (unpaired) electrons. The summed E-state index contributed by atoms with van der Waals surface area (Å²) in [6.07, 6.45) is 1.16. The van der Waals surface area contributed by atoms with Crippen LogP contribution in [-0.2, 0) is 12.0 Å². The molecule has 3 aromatic heterocycles. The van der Waals surface area contributed by atoms with Gasteiger partial charge in [0.1, 0.15) is 12.4 Å². The molecule has 1 atom stereocenters. The lowest BCUT2D eigenvalue weighted by Crippen LogP contribution is -2.24. The zero-order valence-electron chi connectivity index (χ0n) is 15.9. The van der Waals surface area contributed by atoms with Crippen molar-refractivity contribution in [3.05, 3.63) is 17.6 Å². The van der Waals surface area contributed by atoms with Gasteiger partial charge in [0.25, 0.3) is 0 Å². The van der Waals surface area contributed by atoms with Gasteiger partial charge in [-0.3, -0.25) is 0 Å². The Morgan fingerprint density at radius 3 is 2.58 bits per heavy atom. The topological polar surface area (TPSA) is 98.6 Å². The third kappa shape index (κ3) is 3.13. The average molecular weight is 356 g/mol. The van der Waals surface area contributed by atoms with E-state index in [0.29, 0.717) is 29.9 Å². The first kappa shape index (κ1) is 16.9. The Hall–Kier alpha value is -2.58. The van der Waals surface area contributed by atoms with Crippen LogP contribution in [0.15, 0.2) is 4.42 Å². The van der Waals surface area contributed by atoms with E-state index < -0.39 is 0 Å². The minimum absolute atomic E-state index is 0.165. The van der Waals surface area contributed by atoms with Gasteiger partial charge in [0.15, 0.2) is 11.3 Å². The number of hydrogen-bond donors (Lipinski definition) is 0. The predicted octanol–water partition coefficient (Wildman–Crippen LogP) is 2.10. The number of anilines is 1. The highest BCUT2D eigenvalue weighted by Crippen LogP contribution is 2.30. The van der Waals surface area contributed by atoms with Crippen molar-refractivity contribution in [1.82, 2.24) is 35.2 Å². The largest absolute Gasteiger partial charge is 0.423 e. The highest BCUT2D eigenvalue weighted by molar-refractivity contribution is 5.82. The van der Waals surface area contributed by atoms with Gasteiger partial charge in [-0.15, -0.1) is 20.4 Å². The zero-order chi connectivity index (χ0) is 18.5. The summed E-state index contributed by atoms with van der Waals surface area (Å²) in [6.45, 7) is 12.6. The zero-order valence-corrected chi connectivity index (χ0v) is 15.9. The summed E-state index contributed by atoms with van der Waals surface area (Å²) in [5, 5.41) is 17.0. The third-order valence-electron chi connectivity index (χ3n) is 4.51. The molecule has 3 aromatic rings. The maximum absolute atomic E-state index is 5.44. The van der Waals surface area contributed by atoms with E-state index >= 15 is 0 Å². The van der Waals surface area contributed by atoms with E-state index in [9.17, 15) is 0 Å². The first-order valence-corrected chi connectivity index (χ1v) is 8.97. The van der Waals surface area contributed by atoms with E-state index in [1.807, 2.05) is 0 Å². The fourth-order valence-corrected chi connectivity index (χ4v) is 3.11. The first-order valence-electron chi connectivity index (χ1n) is 8.97. The lowest BCUT2D eigenvalue weighted by atomic mass is 9.96. The smallest absolute Gasteiger partial charge is 0.239 e. The van der Waals surface area contributed by atoms with Gasteiger partial charge in [-0.1, -0.05) is 27.7 Å². The molecule has 0 aromatic carbocycles. The Labute approximate surface area is 151 Å². The second-order valence-corrected chi connectivity index (χ2v) is 8.08. The van der Waals surface area contributed by atoms with Crippen molar-refractivity contribution in [2.45, 2.75) is 53.0 Å². The van der Waals surface area contributed by atoms with Crippen molar-refractivity contribution in [1.29, 1.82) is 0 Å². The molecule has 0 saturated carbocycles. The molecule has 9 heteroatoms. The molecule has 0 N–H and O–H groups in total. The third-order valence-corrected chi connectivity index (χ3v) is 4.51. The van der Waals surface area contributed by atoms with E-state index in [-0.39, 0.29) is 5.41 Å². The Bertz CT molecular complexity index is 938. The van der Waals surface area contributed by atoms with Crippen LogP contribution in [0.3, 0.4) is 0 Å². The summed E-state index contributed by atoms with van der Waals surface area (Å²) in [6, 6.07) is 0. The highest BCUT2D eigenvalue weighted by atomic mass is 16.4. The van der Waals surface area contributed by atoms with Crippen LogP contribution in [0.5, 0.6) is 0 Å². The molecule has 1 saturated heterocycles. The second kappa shape index (κ2) is 6.00. The Balaban J connectivity index is 1.78. The second-order valence-electron chi connectivity index (χ2n) is 8.08. The van der Waals surface area contributed by atoms with Gasteiger partial charge in [0.05, 0.1) is 0 Å². The molecule has 0 bridgehead atoms. The van der Waals surface area contributed by atoms with Crippen molar-refractivity contribution in [3.63, 3.8) is 0 Å². The normalized spacial score (nSPS) is 18.2. The van der Waals surface area contributed by atoms with E-state index in [4.69, 9.17) is 9.40 Å². The number of fused-ring (bicyclic) bond motifs is 1. The van der Waals surface area contributed by atoms with Crippen molar-refractivity contribution in [3.8, 4) is 0 Å². The lowest BCUT2D eigenvalue weighted by molar-refractivity contribution is 0.429. The van der Waals surface area contributed by atoms with Crippen LogP contribution in [0.2, 0.25) is 0 Å². The number of nitrogens with zero attached hydrogens (tertiary/aromatic N) is 8. The highest BCUT2D eigenvalue weighted by Gasteiger charge is 2.28. The summed E-state index contributed by atoms with van der Waals surface area (Å²) >= 11 is 0. The summed E-state index contributed by atoms with van der Waals surface area (Å²) in [7, 11) is 0. The quantitative estimate of drug-likeness (QED) is 0.703. The maximum atomic E-state index is 5.44. The number of aromatic nitrogens is 7. The average Bonchev–Trinajstić information content (AvgIpc) is 3.25. The summed E-state index contributed by atoms with van der Waals surface area (Å²) in [5.41, 5.74) is 1.17. The maximum Gasteiger partial charge on any atom is 0.239 e. The van der Waals surface area contributed by atoms with Crippen LogP contribution in [0, 0.1) is 12.8 Å². The fourth-order valence-electron chi connectivity index (χ4n) is 3.11. The van der Waals surface area contributed by atoms with E-state index in [2.05, 4.69) is 58.0 Å². The molecule has 0 aliphatic carbocycles. The molecule has 138 valence electrons. The summed E-state index contributed by atoms with van der Waals surface area (Å²) in [4.78, 5) is 13.4.